The maximum absolute atomic E-state index is 12.8. The molecule has 29 heavy (non-hydrogen) atoms. The van der Waals surface area contributed by atoms with Crippen molar-refractivity contribution in [3.05, 3.63) is 36.0 Å². The van der Waals surface area contributed by atoms with Crippen molar-refractivity contribution in [1.82, 2.24) is 14.7 Å². The Hall–Kier alpha value is -2.31. The van der Waals surface area contributed by atoms with Gasteiger partial charge < -0.3 is 4.74 Å². The first-order chi connectivity index (χ1) is 13.9. The molecule has 0 unspecified atom stereocenters. The summed E-state index contributed by atoms with van der Waals surface area (Å²) in [5.41, 5.74) is 0.560. The average Bonchev–Trinajstić information content (AvgIpc) is 3.19. The van der Waals surface area contributed by atoms with Crippen LogP contribution in [0.3, 0.4) is 0 Å². The summed E-state index contributed by atoms with van der Waals surface area (Å²) in [7, 11) is -2.67. The lowest BCUT2D eigenvalue weighted by Crippen LogP contribution is -2.35. The quantitative estimate of drug-likeness (QED) is 0.613. The Morgan fingerprint density at radius 2 is 2.10 bits per heavy atom. The molecule has 1 aromatic heterocycles. The van der Waals surface area contributed by atoms with E-state index in [2.05, 4.69) is 20.3 Å². The summed E-state index contributed by atoms with van der Waals surface area (Å²) in [5, 5.41) is 3.30. The van der Waals surface area contributed by atoms with Crippen LogP contribution < -0.4 is 14.8 Å². The van der Waals surface area contributed by atoms with E-state index in [1.807, 2.05) is 4.72 Å². The highest BCUT2D eigenvalue weighted by atomic mass is 32.2. The monoisotopic (exact) mass is 453 g/mol. The van der Waals surface area contributed by atoms with Gasteiger partial charge in [-0.3, -0.25) is 10.3 Å². The molecule has 2 amide bonds. The van der Waals surface area contributed by atoms with Crippen molar-refractivity contribution in [3.63, 3.8) is 0 Å². The first-order valence-corrected chi connectivity index (χ1v) is 11.9. The third kappa shape index (κ3) is 5.84. The van der Waals surface area contributed by atoms with Gasteiger partial charge in [0.05, 0.1) is 12.2 Å². The molecular weight excluding hydrogens is 434 g/mol. The second kappa shape index (κ2) is 9.46. The summed E-state index contributed by atoms with van der Waals surface area (Å²) in [6.07, 6.45) is 0. The Labute approximate surface area is 177 Å². The summed E-state index contributed by atoms with van der Waals surface area (Å²) in [6, 6.07) is 7.12. The summed E-state index contributed by atoms with van der Waals surface area (Å²) in [5.74, 6) is 1.72. The zero-order valence-corrected chi connectivity index (χ0v) is 18.2. The molecule has 0 aliphatic carbocycles. The normalized spacial score (nSPS) is 13.7. The lowest BCUT2D eigenvalue weighted by atomic mass is 10.4. The second-order valence-corrected chi connectivity index (χ2v) is 9.63. The van der Waals surface area contributed by atoms with Crippen LogP contribution in [-0.2, 0) is 10.0 Å². The zero-order valence-electron chi connectivity index (χ0n) is 15.7. The van der Waals surface area contributed by atoms with Crippen LogP contribution in [0.1, 0.15) is 5.69 Å². The number of ether oxygens (including phenoxy) is 1. The molecule has 2 N–H and O–H groups in total. The van der Waals surface area contributed by atoms with E-state index < -0.39 is 16.1 Å². The summed E-state index contributed by atoms with van der Waals surface area (Å²) in [6.45, 7) is 2.48. The van der Waals surface area contributed by atoms with Crippen molar-refractivity contribution >= 4 is 50.6 Å². The number of nitrogens with one attached hydrogen (secondary N) is 2. The standard InChI is InChI=1S/C17H19N5O4S3/c1-11-9-14(26-2)20-16(19-11)21-17(23)22-29(24,25)13-6-4-3-5-12(13)28-10-15-18-7-8-27-15/h3-6,9H,7-8,10H2,1-2H3,(H2,19,20,21,22,23). The van der Waals surface area contributed by atoms with E-state index in [9.17, 15) is 13.2 Å². The van der Waals surface area contributed by atoms with Crippen LogP contribution in [-0.4, -0.2) is 54.6 Å². The third-order valence-corrected chi connectivity index (χ3v) is 7.41. The van der Waals surface area contributed by atoms with Gasteiger partial charge in [-0.05, 0) is 19.1 Å². The van der Waals surface area contributed by atoms with Gasteiger partial charge in [0.2, 0.25) is 11.8 Å². The van der Waals surface area contributed by atoms with Gasteiger partial charge in [0.15, 0.2) is 0 Å². The molecule has 0 radical (unpaired) electrons. The molecule has 0 spiro atoms. The van der Waals surface area contributed by atoms with Crippen LogP contribution in [0.15, 0.2) is 45.1 Å². The lowest BCUT2D eigenvalue weighted by molar-refractivity contribution is 0.256. The molecule has 0 atom stereocenters. The van der Waals surface area contributed by atoms with Gasteiger partial charge in [-0.25, -0.2) is 22.9 Å². The maximum Gasteiger partial charge on any atom is 0.335 e. The van der Waals surface area contributed by atoms with E-state index in [-0.39, 0.29) is 16.7 Å². The first-order valence-electron chi connectivity index (χ1n) is 8.49. The fraction of sp³-hybridized carbons (Fsp3) is 0.294. The van der Waals surface area contributed by atoms with Crippen molar-refractivity contribution < 1.29 is 17.9 Å². The second-order valence-electron chi connectivity index (χ2n) is 5.79. The van der Waals surface area contributed by atoms with Crippen LogP contribution in [0.5, 0.6) is 5.88 Å². The molecule has 9 nitrogen and oxygen atoms in total. The predicted molar refractivity (Wildman–Crippen MR) is 115 cm³/mol. The fourth-order valence-electron chi connectivity index (χ4n) is 2.40. The molecule has 0 saturated carbocycles. The molecule has 1 aromatic carbocycles. The average molecular weight is 454 g/mol. The fourth-order valence-corrected chi connectivity index (χ4v) is 5.77. The molecule has 0 saturated heterocycles. The van der Waals surface area contributed by atoms with E-state index in [0.29, 0.717) is 16.3 Å². The molecule has 1 aliphatic heterocycles. The number of urea groups is 1. The van der Waals surface area contributed by atoms with Crippen molar-refractivity contribution in [2.24, 2.45) is 4.99 Å². The number of hydrogen-bond donors (Lipinski definition) is 2. The molecule has 0 fully saturated rings. The molecule has 12 heteroatoms. The number of anilines is 1. The van der Waals surface area contributed by atoms with E-state index >= 15 is 0 Å². The Bertz CT molecular complexity index is 1040. The van der Waals surface area contributed by atoms with E-state index in [4.69, 9.17) is 4.74 Å². The Balaban J connectivity index is 1.72. The van der Waals surface area contributed by atoms with Crippen molar-refractivity contribution in [2.45, 2.75) is 16.7 Å². The van der Waals surface area contributed by atoms with Crippen molar-refractivity contribution in [1.29, 1.82) is 0 Å². The van der Waals surface area contributed by atoms with Crippen molar-refractivity contribution in [2.75, 3.05) is 30.5 Å². The van der Waals surface area contributed by atoms with Crippen LogP contribution in [0, 0.1) is 6.92 Å². The number of aromatic nitrogens is 2. The lowest BCUT2D eigenvalue weighted by Gasteiger charge is -2.12. The minimum absolute atomic E-state index is 0.0199. The Kier molecular flexibility index (Phi) is 6.98. The highest BCUT2D eigenvalue weighted by Gasteiger charge is 2.22. The molecule has 0 bridgehead atoms. The number of sulfonamides is 1. The van der Waals surface area contributed by atoms with Gasteiger partial charge in [-0.1, -0.05) is 12.1 Å². The minimum atomic E-state index is -4.10. The van der Waals surface area contributed by atoms with Gasteiger partial charge in [-0.2, -0.15) is 4.98 Å². The van der Waals surface area contributed by atoms with Crippen molar-refractivity contribution in [3.8, 4) is 5.88 Å². The maximum atomic E-state index is 12.8. The van der Waals surface area contributed by atoms with E-state index in [1.165, 1.54) is 24.9 Å². The number of hydrogen-bond acceptors (Lipinski definition) is 9. The molecule has 2 aromatic rings. The number of benzene rings is 1. The van der Waals surface area contributed by atoms with Gasteiger partial charge in [-0.15, -0.1) is 23.5 Å². The topological polar surface area (TPSA) is 123 Å². The summed E-state index contributed by atoms with van der Waals surface area (Å²) >= 11 is 3.03. The summed E-state index contributed by atoms with van der Waals surface area (Å²) in [4.78, 5) is 25.2. The summed E-state index contributed by atoms with van der Waals surface area (Å²) < 4.78 is 32.5. The van der Waals surface area contributed by atoms with Crippen LogP contribution in [0.25, 0.3) is 0 Å². The molecule has 3 rings (SSSR count). The largest absolute Gasteiger partial charge is 0.481 e. The molecular formula is C17H19N5O4S3. The van der Waals surface area contributed by atoms with E-state index in [0.717, 1.165) is 17.3 Å². The third-order valence-electron chi connectivity index (χ3n) is 3.63. The number of carbonyl (C=O) groups is 1. The number of amides is 2. The molecule has 154 valence electrons. The van der Waals surface area contributed by atoms with Gasteiger partial charge in [0, 0.05) is 34.7 Å². The first kappa shape index (κ1) is 21.4. The highest BCUT2D eigenvalue weighted by Crippen LogP contribution is 2.28. The molecule has 1 aliphatic rings. The predicted octanol–water partition coefficient (Wildman–Crippen LogP) is 2.54. The van der Waals surface area contributed by atoms with Crippen LogP contribution in [0.4, 0.5) is 10.7 Å². The van der Waals surface area contributed by atoms with Crippen LogP contribution in [0.2, 0.25) is 0 Å². The number of nitrogens with zero attached hydrogens (tertiary/aromatic N) is 3. The number of aryl methyl sites for hydroxylation is 1. The number of aliphatic imine (C=N–C) groups is 1. The SMILES string of the molecule is COc1cc(C)nc(NC(=O)NS(=O)(=O)c2ccccc2SCC2=NCCS2)n1. The van der Waals surface area contributed by atoms with Gasteiger partial charge >= 0.3 is 6.03 Å². The number of carbonyl (C=O) groups excluding carboxylic acids is 1. The Morgan fingerprint density at radius 1 is 1.31 bits per heavy atom. The smallest absolute Gasteiger partial charge is 0.335 e. The van der Waals surface area contributed by atoms with Gasteiger partial charge in [0.1, 0.15) is 4.90 Å². The van der Waals surface area contributed by atoms with Crippen LogP contribution >= 0.6 is 23.5 Å². The van der Waals surface area contributed by atoms with Gasteiger partial charge in [0.25, 0.3) is 10.0 Å². The minimum Gasteiger partial charge on any atom is -0.481 e. The number of rotatable bonds is 7. The number of methoxy groups -OCH3 is 1. The molecule has 2 heterocycles. The highest BCUT2D eigenvalue weighted by molar-refractivity contribution is 8.16. The number of thioether (sulfide) groups is 2. The Morgan fingerprint density at radius 3 is 2.83 bits per heavy atom. The zero-order chi connectivity index (χ0) is 20.9. The van der Waals surface area contributed by atoms with E-state index in [1.54, 1.807) is 43.0 Å².